The third kappa shape index (κ3) is 12.2. The van der Waals surface area contributed by atoms with Crippen molar-refractivity contribution < 1.29 is 96.7 Å². The second-order valence-electron chi connectivity index (χ2n) is 15.2. The molecule has 0 bridgehead atoms. The van der Waals surface area contributed by atoms with Crippen LogP contribution in [0.2, 0.25) is 0 Å². The molecule has 14 atom stereocenters. The maximum absolute atomic E-state index is 14.3. The number of nitrogens with two attached hydrogens (primary N) is 2. The summed E-state index contributed by atoms with van der Waals surface area (Å²) in [4.78, 5) is 96.1. The molecule has 3 heterocycles. The first-order valence-electron chi connectivity index (χ1n) is 19.0. The summed E-state index contributed by atoms with van der Waals surface area (Å²) in [6.45, 7) is -0.0892. The number of nitrogens with zero attached hydrogens (tertiary/aromatic N) is 2. The maximum atomic E-state index is 14.3. The van der Waals surface area contributed by atoms with Crippen LogP contribution in [0, 0.1) is 0 Å². The lowest BCUT2D eigenvalue weighted by molar-refractivity contribution is -0.149. The number of hydrogen-bond acceptors (Lipinski definition) is 20. The molecule has 29 heteroatoms. The van der Waals surface area contributed by atoms with Crippen LogP contribution in [0.15, 0.2) is 18.2 Å². The highest BCUT2D eigenvalue weighted by Gasteiger charge is 2.49. The van der Waals surface area contributed by atoms with Gasteiger partial charge in [-0.3, -0.25) is 38.1 Å². The van der Waals surface area contributed by atoms with Crippen LogP contribution in [0.25, 0.3) is 0 Å². The lowest BCUT2D eigenvalue weighted by atomic mass is 9.96. The molecule has 63 heavy (non-hydrogen) atoms. The number of benzene rings is 1. The van der Waals surface area contributed by atoms with E-state index in [-0.39, 0.29) is 6.42 Å². The standard InChI is InChI=1S/C34H50N8O20S/c1-11(43)22-33(57)42-10-13(44)7-15(42)29(53)39-24(27(51)26(50)12-2-3-16(45)20(6-12)62-63(59,60)61)31(55)38-23(18(47)9-21(36)49)34(58)41-5-4-17(46)25(41)32(56)40-30(54)19(48)8-14(35)28(52)37-22/h2-3,6,11,13-15,17-19,22-27,30,43-48,50-51,54H,4-5,7-10,35H2,1H3,(H2,36,49)(H,37,52)(H,38,55)(H,39,53)(H,40,56)(H,59,60,61)/t11-,13-,14+,15+,17+,18-,19-,22+,23+,24+,25+,26+,27+,30-/m1/s1. The van der Waals surface area contributed by atoms with Crippen LogP contribution >= 0.6 is 0 Å². The molecule has 18 N–H and O–H groups in total. The van der Waals surface area contributed by atoms with Gasteiger partial charge in [-0.2, -0.15) is 8.42 Å². The van der Waals surface area contributed by atoms with E-state index < -0.39 is 186 Å². The predicted octanol–water partition coefficient (Wildman–Crippen LogP) is -9.51. The molecule has 4 rings (SSSR count). The van der Waals surface area contributed by atoms with Crippen molar-refractivity contribution in [3.05, 3.63) is 23.8 Å². The van der Waals surface area contributed by atoms with Gasteiger partial charge in [0.1, 0.15) is 48.5 Å². The largest absolute Gasteiger partial charge is 0.504 e. The van der Waals surface area contributed by atoms with Gasteiger partial charge < -0.3 is 92.7 Å². The van der Waals surface area contributed by atoms with Gasteiger partial charge in [0, 0.05) is 25.9 Å². The smallest absolute Gasteiger partial charge is 0.446 e. The van der Waals surface area contributed by atoms with Crippen LogP contribution < -0.4 is 36.9 Å². The van der Waals surface area contributed by atoms with Crippen LogP contribution in [0.1, 0.15) is 44.3 Å². The Labute approximate surface area is 356 Å². The minimum atomic E-state index is -5.30. The topological polar surface area (TPSA) is 472 Å². The van der Waals surface area contributed by atoms with Gasteiger partial charge >= 0.3 is 10.4 Å². The van der Waals surface area contributed by atoms with Gasteiger partial charge in [-0.05, 0) is 31.0 Å². The number of nitrogens with one attached hydrogen (secondary N) is 4. The van der Waals surface area contributed by atoms with E-state index in [1.54, 1.807) is 0 Å². The lowest BCUT2D eigenvalue weighted by Gasteiger charge is -2.34. The summed E-state index contributed by atoms with van der Waals surface area (Å²) in [6.07, 6.45) is -19.4. The number of aliphatic hydroxyl groups is 8. The highest BCUT2D eigenvalue weighted by molar-refractivity contribution is 7.81. The van der Waals surface area contributed by atoms with Crippen molar-refractivity contribution in [3.8, 4) is 11.5 Å². The summed E-state index contributed by atoms with van der Waals surface area (Å²) in [5.74, 6) is -11.4. The average molecular weight is 923 g/mol. The Morgan fingerprint density at radius 1 is 0.841 bits per heavy atom. The van der Waals surface area contributed by atoms with Crippen molar-refractivity contribution in [2.45, 2.75) is 118 Å². The number of hydrogen-bond donors (Lipinski definition) is 16. The molecule has 3 aliphatic heterocycles. The van der Waals surface area contributed by atoms with E-state index in [0.29, 0.717) is 15.9 Å². The van der Waals surface area contributed by atoms with E-state index in [2.05, 4.69) is 14.8 Å². The lowest BCUT2D eigenvalue weighted by Crippen LogP contribution is -2.64. The third-order valence-electron chi connectivity index (χ3n) is 10.4. The summed E-state index contributed by atoms with van der Waals surface area (Å²) in [6, 6.07) is -10.2. The number of aromatic hydroxyl groups is 1. The SMILES string of the molecule is C[C@@H](O)[C@@H]1NC(=O)[C@@H](N)C[C@@H](O)[C@@H](O)NC(=O)[C@@H]2[C@@H](O)CCN2C(=O)[C@H]([C@H](O)CC(N)=O)NC(=O)[C@H]([C@H](O)[C@@H](O)c2ccc(O)c(OS(=O)(=O)O)c2)NC(=O)[C@@H]2C[C@@H](O)CN2C1=O. The minimum Gasteiger partial charge on any atom is -0.504 e. The van der Waals surface area contributed by atoms with Crippen molar-refractivity contribution >= 4 is 51.7 Å². The van der Waals surface area contributed by atoms with Crippen LogP contribution in [0.5, 0.6) is 11.5 Å². The van der Waals surface area contributed by atoms with Gasteiger partial charge in [-0.25, -0.2) is 0 Å². The second-order valence-corrected chi connectivity index (χ2v) is 16.2. The average Bonchev–Trinajstić information content (AvgIpc) is 3.78. The van der Waals surface area contributed by atoms with Crippen molar-refractivity contribution in [1.29, 1.82) is 0 Å². The van der Waals surface area contributed by atoms with Gasteiger partial charge in [0.25, 0.3) is 0 Å². The number of carbonyl (C=O) groups excluding carboxylic acids is 7. The van der Waals surface area contributed by atoms with Gasteiger partial charge in [-0.1, -0.05) is 6.07 Å². The summed E-state index contributed by atoms with van der Waals surface area (Å²) < 4.78 is 36.1. The van der Waals surface area contributed by atoms with E-state index >= 15 is 0 Å². The molecule has 3 fully saturated rings. The fraction of sp³-hybridized carbons (Fsp3) is 0.618. The van der Waals surface area contributed by atoms with Crippen molar-refractivity contribution in [3.63, 3.8) is 0 Å². The highest BCUT2D eigenvalue weighted by atomic mass is 32.3. The first-order valence-corrected chi connectivity index (χ1v) is 20.4. The molecule has 0 unspecified atom stereocenters. The number of amides is 7. The van der Waals surface area contributed by atoms with Gasteiger partial charge in [0.2, 0.25) is 41.4 Å². The summed E-state index contributed by atoms with van der Waals surface area (Å²) in [7, 11) is -5.30. The second kappa shape index (κ2) is 20.4. The Morgan fingerprint density at radius 3 is 2.05 bits per heavy atom. The van der Waals surface area contributed by atoms with Crippen LogP contribution in [0.3, 0.4) is 0 Å². The first-order chi connectivity index (χ1) is 29.2. The van der Waals surface area contributed by atoms with E-state index in [1.807, 2.05) is 10.6 Å². The monoisotopic (exact) mass is 922 g/mol. The number of phenolic OH excluding ortho intramolecular Hbond substituents is 1. The Hall–Kier alpha value is -5.34. The molecule has 1 aromatic rings. The number of rotatable bonds is 9. The zero-order valence-electron chi connectivity index (χ0n) is 33.1. The minimum absolute atomic E-state index is 0.341. The Balaban J connectivity index is 1.86. The number of phenols is 1. The molecule has 0 spiro atoms. The first kappa shape index (κ1) is 50.3. The van der Waals surface area contributed by atoms with E-state index in [0.717, 1.165) is 19.1 Å². The summed E-state index contributed by atoms with van der Waals surface area (Å²) in [5.41, 5.74) is 10.6. The van der Waals surface area contributed by atoms with Gasteiger partial charge in [-0.15, -0.1) is 0 Å². The maximum Gasteiger partial charge on any atom is 0.446 e. The summed E-state index contributed by atoms with van der Waals surface area (Å²) in [5, 5.41) is 105. The molecular formula is C34H50N8O20S. The fourth-order valence-corrected chi connectivity index (χ4v) is 7.55. The summed E-state index contributed by atoms with van der Waals surface area (Å²) >= 11 is 0. The molecule has 7 amide bonds. The highest BCUT2D eigenvalue weighted by Crippen LogP contribution is 2.32. The van der Waals surface area contributed by atoms with Crippen LogP contribution in [-0.2, 0) is 44.0 Å². The molecule has 3 saturated heterocycles. The molecular weight excluding hydrogens is 872 g/mol. The van der Waals surface area contributed by atoms with E-state index in [4.69, 9.17) is 16.0 Å². The molecule has 352 valence electrons. The van der Waals surface area contributed by atoms with Crippen molar-refractivity contribution in [1.82, 2.24) is 31.1 Å². The van der Waals surface area contributed by atoms with Crippen LogP contribution in [-0.4, -0.2) is 202 Å². The van der Waals surface area contributed by atoms with Gasteiger partial charge in [0.15, 0.2) is 17.7 Å². The fourth-order valence-electron chi connectivity index (χ4n) is 7.19. The van der Waals surface area contributed by atoms with Gasteiger partial charge in [0.05, 0.1) is 36.9 Å². The Bertz CT molecular complexity index is 2030. The third-order valence-corrected chi connectivity index (χ3v) is 10.8. The van der Waals surface area contributed by atoms with E-state index in [9.17, 15) is 87.9 Å². The molecule has 0 saturated carbocycles. The number of carbonyl (C=O) groups is 7. The van der Waals surface area contributed by atoms with Crippen molar-refractivity contribution in [2.24, 2.45) is 11.5 Å². The zero-order valence-corrected chi connectivity index (χ0v) is 33.9. The normalized spacial score (nSPS) is 31.5. The number of aliphatic hydroxyl groups excluding tert-OH is 8. The molecule has 28 nitrogen and oxygen atoms in total. The van der Waals surface area contributed by atoms with Crippen molar-refractivity contribution in [2.75, 3.05) is 13.1 Å². The molecule has 0 aromatic heterocycles. The Kier molecular flexibility index (Phi) is 16.3. The van der Waals surface area contributed by atoms with E-state index in [1.165, 1.54) is 0 Å². The number of primary amides is 1. The molecule has 0 radical (unpaired) electrons. The quantitative estimate of drug-likeness (QED) is 0.102. The molecule has 0 aliphatic carbocycles. The zero-order chi connectivity index (χ0) is 47.4. The Morgan fingerprint density at radius 2 is 1.44 bits per heavy atom. The molecule has 1 aromatic carbocycles. The predicted molar refractivity (Wildman–Crippen MR) is 204 cm³/mol. The molecule has 3 aliphatic rings. The van der Waals surface area contributed by atoms with Crippen LogP contribution in [0.4, 0.5) is 0 Å². The number of fused-ring (bicyclic) bond motifs is 2.